The Balaban J connectivity index is 3.39. The molecule has 0 rings (SSSR count). The van der Waals surface area contributed by atoms with E-state index >= 15 is 0 Å². The van der Waals surface area contributed by atoms with Gasteiger partial charge in [0.15, 0.2) is 0 Å². The van der Waals surface area contributed by atoms with Crippen LogP contribution in [0.2, 0.25) is 0 Å². The van der Waals surface area contributed by atoms with Gasteiger partial charge in [0, 0.05) is 23.1 Å². The Labute approximate surface area is 55.5 Å². The maximum atomic E-state index is 10.5. The van der Waals surface area contributed by atoms with Gasteiger partial charge in [-0.2, -0.15) is 0 Å². The zero-order valence-electron chi connectivity index (χ0n) is 4.87. The minimum Gasteiger partial charge on any atom is -0.481 e. The molecule has 3 N–H and O–H groups in total. The molecule has 0 aromatic heterocycles. The second kappa shape index (κ2) is 4.46. The van der Waals surface area contributed by atoms with E-state index in [1.165, 1.54) is 0 Å². The molecule has 0 spiro atoms. The smallest absolute Gasteiger partial charge is 0.316 e. The number of rotatable bonds is 4. The van der Waals surface area contributed by atoms with E-state index in [0.29, 0.717) is 0 Å². The lowest BCUT2D eigenvalue weighted by Crippen LogP contribution is -2.17. The fourth-order valence-electron chi connectivity index (χ4n) is 0.341. The first-order valence-corrected chi connectivity index (χ1v) is 3.92. The van der Waals surface area contributed by atoms with E-state index in [9.17, 15) is 9.00 Å². The summed E-state index contributed by atoms with van der Waals surface area (Å²) in [6.45, 7) is 0.278. The summed E-state index contributed by atoms with van der Waals surface area (Å²) in [7, 11) is -1.27. The molecule has 4 nitrogen and oxygen atoms in total. The SMILES string of the molecule is NCCS(=O)CC(=O)O. The molecular formula is C4H9NO3S. The van der Waals surface area contributed by atoms with E-state index in [2.05, 4.69) is 0 Å². The maximum Gasteiger partial charge on any atom is 0.316 e. The minimum absolute atomic E-state index is 0.270. The zero-order chi connectivity index (χ0) is 7.28. The van der Waals surface area contributed by atoms with Crippen molar-refractivity contribution < 1.29 is 14.1 Å². The highest BCUT2D eigenvalue weighted by atomic mass is 32.2. The highest BCUT2D eigenvalue weighted by molar-refractivity contribution is 7.85. The molecule has 54 valence electrons. The standard InChI is InChI=1S/C4H9NO3S/c5-1-2-9(8)3-4(6)7/h1-3,5H2,(H,6,7). The third kappa shape index (κ3) is 5.45. The first kappa shape index (κ1) is 8.58. The van der Waals surface area contributed by atoms with Crippen molar-refractivity contribution >= 4 is 16.8 Å². The Bertz CT molecular complexity index is 125. The third-order valence-corrected chi connectivity index (χ3v) is 1.89. The van der Waals surface area contributed by atoms with Gasteiger partial charge in [0.1, 0.15) is 5.75 Å². The van der Waals surface area contributed by atoms with E-state index in [0.717, 1.165) is 0 Å². The Morgan fingerprint density at radius 1 is 1.67 bits per heavy atom. The summed E-state index contributed by atoms with van der Waals surface area (Å²) >= 11 is 0. The molecule has 0 saturated heterocycles. The van der Waals surface area contributed by atoms with Gasteiger partial charge in [0.25, 0.3) is 0 Å². The maximum absolute atomic E-state index is 10.5. The average molecular weight is 151 g/mol. The molecule has 0 amide bonds. The molecule has 1 unspecified atom stereocenters. The summed E-state index contributed by atoms with van der Waals surface area (Å²) < 4.78 is 10.5. The second-order valence-corrected chi connectivity index (χ2v) is 3.05. The van der Waals surface area contributed by atoms with Crippen LogP contribution in [0.3, 0.4) is 0 Å². The molecule has 0 aromatic rings. The first-order chi connectivity index (χ1) is 4.16. The van der Waals surface area contributed by atoms with Crippen LogP contribution in [0.5, 0.6) is 0 Å². The highest BCUT2D eigenvalue weighted by Crippen LogP contribution is 1.78. The molecule has 0 aliphatic rings. The number of aliphatic carboxylic acids is 1. The number of carboxylic acids is 1. The van der Waals surface area contributed by atoms with E-state index in [4.69, 9.17) is 10.8 Å². The topological polar surface area (TPSA) is 80.4 Å². The molecule has 0 aliphatic heterocycles. The highest BCUT2D eigenvalue weighted by Gasteiger charge is 2.02. The molecular weight excluding hydrogens is 142 g/mol. The lowest BCUT2D eigenvalue weighted by molar-refractivity contribution is -0.133. The van der Waals surface area contributed by atoms with Crippen LogP contribution in [0.15, 0.2) is 0 Å². The molecule has 0 radical (unpaired) electrons. The van der Waals surface area contributed by atoms with Crippen molar-refractivity contribution in [3.8, 4) is 0 Å². The van der Waals surface area contributed by atoms with Gasteiger partial charge in [0.05, 0.1) is 0 Å². The van der Waals surface area contributed by atoms with Gasteiger partial charge < -0.3 is 10.8 Å². The second-order valence-electron chi connectivity index (χ2n) is 1.47. The van der Waals surface area contributed by atoms with Gasteiger partial charge in [-0.15, -0.1) is 0 Å². The monoisotopic (exact) mass is 151 g/mol. The Hall–Kier alpha value is -0.420. The van der Waals surface area contributed by atoms with Crippen LogP contribution in [0.4, 0.5) is 0 Å². The molecule has 0 aliphatic carbocycles. The number of hydrogen-bond acceptors (Lipinski definition) is 3. The Morgan fingerprint density at radius 2 is 2.22 bits per heavy atom. The van der Waals surface area contributed by atoms with Crippen LogP contribution < -0.4 is 5.73 Å². The van der Waals surface area contributed by atoms with Crippen LogP contribution in [0.25, 0.3) is 0 Å². The van der Waals surface area contributed by atoms with Gasteiger partial charge in [-0.1, -0.05) is 0 Å². The summed E-state index contributed by atoms with van der Waals surface area (Å²) in [5.41, 5.74) is 5.02. The fourth-order valence-corrected chi connectivity index (χ4v) is 1.02. The molecule has 0 fully saturated rings. The van der Waals surface area contributed by atoms with Gasteiger partial charge in [-0.05, 0) is 0 Å². The van der Waals surface area contributed by atoms with Crippen molar-refractivity contribution in [1.82, 2.24) is 0 Å². The van der Waals surface area contributed by atoms with E-state index in [1.807, 2.05) is 0 Å². The summed E-state index contributed by atoms with van der Waals surface area (Å²) in [5.74, 6) is -1.06. The van der Waals surface area contributed by atoms with E-state index in [1.54, 1.807) is 0 Å². The van der Waals surface area contributed by atoms with Crippen molar-refractivity contribution in [1.29, 1.82) is 0 Å². The van der Waals surface area contributed by atoms with Gasteiger partial charge in [0.2, 0.25) is 0 Å². The Morgan fingerprint density at radius 3 is 2.56 bits per heavy atom. The summed E-state index contributed by atoms with van der Waals surface area (Å²) in [4.78, 5) is 9.85. The van der Waals surface area contributed by atoms with Crippen molar-refractivity contribution in [2.75, 3.05) is 18.1 Å². The molecule has 0 bridgehead atoms. The van der Waals surface area contributed by atoms with E-state index in [-0.39, 0.29) is 18.1 Å². The Kier molecular flexibility index (Phi) is 4.25. The van der Waals surface area contributed by atoms with Crippen LogP contribution >= 0.6 is 0 Å². The van der Waals surface area contributed by atoms with Crippen LogP contribution in [-0.4, -0.2) is 33.3 Å². The predicted molar refractivity (Wildman–Crippen MR) is 34.6 cm³/mol. The third-order valence-electron chi connectivity index (χ3n) is 0.630. The summed E-state index contributed by atoms with van der Waals surface area (Å²) in [5, 5.41) is 8.08. The number of nitrogens with two attached hydrogens (primary N) is 1. The number of carboxylic acid groups (broad SMARTS) is 1. The average Bonchev–Trinajstić information content (AvgIpc) is 1.63. The molecule has 9 heavy (non-hydrogen) atoms. The van der Waals surface area contributed by atoms with Crippen LogP contribution in [-0.2, 0) is 15.6 Å². The first-order valence-electron chi connectivity index (χ1n) is 2.43. The van der Waals surface area contributed by atoms with Crippen LogP contribution in [0.1, 0.15) is 0 Å². The lowest BCUT2D eigenvalue weighted by atomic mass is 10.8. The largest absolute Gasteiger partial charge is 0.481 e. The lowest BCUT2D eigenvalue weighted by Gasteiger charge is -1.92. The minimum atomic E-state index is -1.27. The summed E-state index contributed by atoms with van der Waals surface area (Å²) in [6, 6.07) is 0. The molecule has 0 saturated carbocycles. The number of hydrogen-bond donors (Lipinski definition) is 2. The molecule has 1 atom stereocenters. The fraction of sp³-hybridized carbons (Fsp3) is 0.750. The van der Waals surface area contributed by atoms with Crippen molar-refractivity contribution in [2.45, 2.75) is 0 Å². The normalized spacial score (nSPS) is 13.0. The predicted octanol–water partition coefficient (Wildman–Crippen LogP) is -1.22. The van der Waals surface area contributed by atoms with Crippen molar-refractivity contribution in [3.63, 3.8) is 0 Å². The van der Waals surface area contributed by atoms with Gasteiger partial charge in [-0.3, -0.25) is 9.00 Å². The van der Waals surface area contributed by atoms with Crippen molar-refractivity contribution in [3.05, 3.63) is 0 Å². The quantitative estimate of drug-likeness (QED) is 0.527. The molecule has 0 aromatic carbocycles. The molecule has 0 heterocycles. The van der Waals surface area contributed by atoms with Crippen LogP contribution in [0, 0.1) is 0 Å². The number of carbonyl (C=O) groups is 1. The molecule has 5 heteroatoms. The van der Waals surface area contributed by atoms with E-state index < -0.39 is 16.8 Å². The van der Waals surface area contributed by atoms with Crippen molar-refractivity contribution in [2.24, 2.45) is 5.73 Å². The van der Waals surface area contributed by atoms with Gasteiger partial charge in [-0.25, -0.2) is 0 Å². The van der Waals surface area contributed by atoms with Gasteiger partial charge >= 0.3 is 5.97 Å². The summed E-state index contributed by atoms with van der Waals surface area (Å²) in [6.07, 6.45) is 0. The zero-order valence-corrected chi connectivity index (χ0v) is 5.69.